The smallest absolute Gasteiger partial charge is 0.417 e. The van der Waals surface area contributed by atoms with Gasteiger partial charge in [-0.05, 0) is 29.4 Å². The summed E-state index contributed by atoms with van der Waals surface area (Å²) >= 11 is 5.90. The van der Waals surface area contributed by atoms with Crippen molar-refractivity contribution in [2.45, 2.75) is 13.1 Å². The molecule has 0 spiro atoms. The van der Waals surface area contributed by atoms with Crippen LogP contribution in [-0.4, -0.2) is 16.1 Å². The zero-order chi connectivity index (χ0) is 20.4. The van der Waals surface area contributed by atoms with Gasteiger partial charge in [-0.1, -0.05) is 6.92 Å². The Morgan fingerprint density at radius 2 is 2.07 bits per heavy atom. The van der Waals surface area contributed by atoms with Gasteiger partial charge >= 0.3 is 6.18 Å². The van der Waals surface area contributed by atoms with Gasteiger partial charge in [0.2, 0.25) is 12.4 Å². The normalized spacial score (nSPS) is 13.5. The highest BCUT2D eigenvalue weighted by molar-refractivity contribution is 7.95. The van der Waals surface area contributed by atoms with E-state index in [1.54, 1.807) is 0 Å². The molecular weight excluding hydrogens is 410 g/mol. The van der Waals surface area contributed by atoms with Crippen molar-refractivity contribution < 1.29 is 27.4 Å². The van der Waals surface area contributed by atoms with Crippen LogP contribution in [0.25, 0.3) is 0 Å². The van der Waals surface area contributed by atoms with Gasteiger partial charge in [-0.2, -0.15) is 18.4 Å². The molecule has 0 aliphatic carbocycles. The van der Waals surface area contributed by atoms with Crippen molar-refractivity contribution in [1.29, 1.82) is 5.26 Å². The molecule has 142 valence electrons. The third kappa shape index (κ3) is 4.56. The lowest BCUT2D eigenvalue weighted by Crippen LogP contribution is -2.10. The van der Waals surface area contributed by atoms with Crippen LogP contribution in [0.5, 0.6) is 11.6 Å². The van der Waals surface area contributed by atoms with Crippen molar-refractivity contribution in [2.75, 3.05) is 6.16 Å². The Balaban J connectivity index is 2.50. The number of rotatable bonds is 5. The van der Waals surface area contributed by atoms with E-state index in [4.69, 9.17) is 21.2 Å². The van der Waals surface area contributed by atoms with E-state index in [2.05, 4.69) is 4.98 Å². The number of benzene rings is 1. The van der Waals surface area contributed by atoms with E-state index in [1.807, 2.05) is 0 Å². The van der Waals surface area contributed by atoms with E-state index in [0.717, 1.165) is 18.2 Å². The Labute approximate surface area is 155 Å². The van der Waals surface area contributed by atoms with Gasteiger partial charge in [0.25, 0.3) is 5.69 Å². The molecule has 0 bridgehead atoms. The van der Waals surface area contributed by atoms with Gasteiger partial charge in [0.15, 0.2) is 0 Å². The van der Waals surface area contributed by atoms with Crippen molar-refractivity contribution in [3.63, 3.8) is 0 Å². The third-order valence-electron chi connectivity index (χ3n) is 3.42. The predicted octanol–water partition coefficient (Wildman–Crippen LogP) is 4.83. The van der Waals surface area contributed by atoms with Crippen LogP contribution in [0.1, 0.15) is 18.1 Å². The van der Waals surface area contributed by atoms with Gasteiger partial charge < -0.3 is 9.30 Å². The molecule has 1 heterocycles. The number of aromatic nitrogens is 1. The number of alkyl halides is 3. The minimum Gasteiger partial charge on any atom is -0.438 e. The van der Waals surface area contributed by atoms with Crippen molar-refractivity contribution in [1.82, 2.24) is 4.98 Å². The molecule has 1 aromatic heterocycles. The summed E-state index contributed by atoms with van der Waals surface area (Å²) in [6.45, 7) is -2.10. The van der Waals surface area contributed by atoms with Gasteiger partial charge in [0, 0.05) is 18.4 Å². The van der Waals surface area contributed by atoms with Crippen molar-refractivity contribution in [3.05, 3.63) is 51.7 Å². The summed E-state index contributed by atoms with van der Waals surface area (Å²) in [6.07, 6.45) is -4.27. The molecule has 0 amide bonds. The number of halogens is 4. The molecule has 0 N–H and O–H groups in total. The molecule has 27 heavy (non-hydrogen) atoms. The van der Waals surface area contributed by atoms with E-state index in [9.17, 15) is 27.9 Å². The van der Waals surface area contributed by atoms with Crippen molar-refractivity contribution >= 4 is 28.7 Å². The number of nitrogens with zero attached hydrogens (tertiary/aromatic N) is 3. The summed E-state index contributed by atoms with van der Waals surface area (Å²) in [4.78, 5) is 13.8. The van der Waals surface area contributed by atoms with Crippen LogP contribution in [0.15, 0.2) is 30.5 Å². The fraction of sp³-hybridized carbons (Fsp3) is 0.200. The molecule has 1 atom stereocenters. The second kappa shape index (κ2) is 7.55. The number of hydrogen-bond acceptors (Lipinski definition) is 6. The van der Waals surface area contributed by atoms with E-state index in [0.29, 0.717) is 12.3 Å². The first-order valence-corrected chi connectivity index (χ1v) is 10.0. The van der Waals surface area contributed by atoms with Crippen LogP contribution >= 0.6 is 17.7 Å². The van der Waals surface area contributed by atoms with Crippen LogP contribution in [0.4, 0.5) is 18.9 Å². The largest absolute Gasteiger partial charge is 0.438 e. The number of ether oxygens (including phenoxy) is 1. The molecule has 2 aromatic rings. The summed E-state index contributed by atoms with van der Waals surface area (Å²) in [7, 11) is 0. The lowest BCUT2D eigenvalue weighted by atomic mass is 10.2. The number of pyridine rings is 1. The minimum atomic E-state index is -4.69. The molecular formula is C15H10ClF3N3O4P. The standard InChI is InChI=1S/C15H10ClF3N3O4P/c1-2-27(16,25)13-6-11(3-4-12(13)22(23)24)26-14-9(7-20)5-10(8-21-14)15(17,18)19/h3-6,8H,2H2,1H3. The summed E-state index contributed by atoms with van der Waals surface area (Å²) in [5.41, 5.74) is -2.11. The zero-order valence-electron chi connectivity index (χ0n) is 13.5. The Bertz CT molecular complexity index is 991. The van der Waals surface area contributed by atoms with Crippen molar-refractivity contribution in [2.24, 2.45) is 0 Å². The maximum absolute atomic E-state index is 12.7. The van der Waals surface area contributed by atoms with Gasteiger partial charge in [-0.25, -0.2) is 4.98 Å². The molecule has 0 fully saturated rings. The quantitative estimate of drug-likeness (QED) is 0.390. The summed E-state index contributed by atoms with van der Waals surface area (Å²) in [6, 6.07) is 5.29. The van der Waals surface area contributed by atoms with E-state index in [-0.39, 0.29) is 17.2 Å². The average molecular weight is 420 g/mol. The fourth-order valence-corrected chi connectivity index (χ4v) is 3.60. The molecule has 0 aliphatic rings. The maximum Gasteiger partial charge on any atom is 0.417 e. The molecule has 1 aromatic carbocycles. The summed E-state index contributed by atoms with van der Waals surface area (Å²) < 4.78 is 55.8. The Hall–Kier alpha value is -2.63. The van der Waals surface area contributed by atoms with Crippen LogP contribution < -0.4 is 10.0 Å². The van der Waals surface area contributed by atoms with Gasteiger partial charge in [-0.3, -0.25) is 10.1 Å². The van der Waals surface area contributed by atoms with Gasteiger partial charge in [0.1, 0.15) is 22.7 Å². The van der Waals surface area contributed by atoms with E-state index >= 15 is 0 Å². The average Bonchev–Trinajstić information content (AvgIpc) is 2.60. The van der Waals surface area contributed by atoms with Crippen LogP contribution in [0.2, 0.25) is 0 Å². The predicted molar refractivity (Wildman–Crippen MR) is 90.8 cm³/mol. The molecule has 7 nitrogen and oxygen atoms in total. The Morgan fingerprint density at radius 3 is 2.59 bits per heavy atom. The molecule has 1 unspecified atom stereocenters. The SMILES string of the molecule is CCP(=O)(Cl)c1cc(Oc2ncc(C(F)(F)F)cc2C#N)ccc1[N+](=O)[O-]. The summed E-state index contributed by atoms with van der Waals surface area (Å²) in [5, 5.41) is 19.9. The monoisotopic (exact) mass is 419 g/mol. The zero-order valence-corrected chi connectivity index (χ0v) is 15.2. The fourth-order valence-electron chi connectivity index (χ4n) is 2.04. The van der Waals surface area contributed by atoms with Crippen LogP contribution in [0.3, 0.4) is 0 Å². The summed E-state index contributed by atoms with van der Waals surface area (Å²) in [5.74, 6) is -0.556. The topological polar surface area (TPSA) is 106 Å². The van der Waals surface area contributed by atoms with Crippen molar-refractivity contribution in [3.8, 4) is 17.7 Å². The lowest BCUT2D eigenvalue weighted by Gasteiger charge is -2.12. The molecule has 0 radical (unpaired) electrons. The number of nitro benzene ring substituents is 1. The molecule has 0 saturated carbocycles. The number of nitriles is 1. The van der Waals surface area contributed by atoms with E-state index in [1.165, 1.54) is 13.0 Å². The van der Waals surface area contributed by atoms with E-state index < -0.39 is 40.3 Å². The minimum absolute atomic E-state index is 0.0686. The highest BCUT2D eigenvalue weighted by Gasteiger charge is 2.32. The Kier molecular flexibility index (Phi) is 5.78. The van der Waals surface area contributed by atoms with Gasteiger partial charge in [0.05, 0.1) is 10.5 Å². The Morgan fingerprint density at radius 1 is 1.41 bits per heavy atom. The van der Waals surface area contributed by atoms with Crippen LogP contribution in [-0.2, 0) is 10.7 Å². The second-order valence-electron chi connectivity index (χ2n) is 5.16. The third-order valence-corrected chi connectivity index (χ3v) is 6.58. The maximum atomic E-state index is 12.7. The molecule has 0 saturated heterocycles. The molecule has 0 aliphatic heterocycles. The first-order valence-electron chi connectivity index (χ1n) is 7.22. The molecule has 2 rings (SSSR count). The first kappa shape index (κ1) is 20.7. The number of nitro groups is 1. The lowest BCUT2D eigenvalue weighted by molar-refractivity contribution is -0.383. The highest BCUT2D eigenvalue weighted by atomic mass is 35.7. The highest BCUT2D eigenvalue weighted by Crippen LogP contribution is 2.52. The molecule has 12 heteroatoms. The van der Waals surface area contributed by atoms with Gasteiger partial charge in [-0.15, -0.1) is 0 Å². The first-order chi connectivity index (χ1) is 12.5. The number of hydrogen-bond donors (Lipinski definition) is 0. The van der Waals surface area contributed by atoms with Crippen LogP contribution in [0, 0.1) is 21.4 Å². The second-order valence-corrected chi connectivity index (χ2v) is 9.22.